The molecule has 16 heavy (non-hydrogen) atoms. The van der Waals surface area contributed by atoms with E-state index in [0.717, 1.165) is 12.8 Å². The molecule has 0 aliphatic heterocycles. The molecule has 0 spiro atoms. The molecule has 0 atom stereocenters. The van der Waals surface area contributed by atoms with Crippen molar-refractivity contribution in [3.63, 3.8) is 0 Å². The van der Waals surface area contributed by atoms with Crippen molar-refractivity contribution in [2.24, 2.45) is 0 Å². The fraction of sp³-hybridized carbons (Fsp3) is 0.500. The summed E-state index contributed by atoms with van der Waals surface area (Å²) in [5, 5.41) is 0. The zero-order valence-electron chi connectivity index (χ0n) is 11.6. The van der Waals surface area contributed by atoms with Crippen LogP contribution in [0.15, 0.2) is 29.9 Å². The summed E-state index contributed by atoms with van der Waals surface area (Å²) in [5.41, 5.74) is 1.54. The van der Waals surface area contributed by atoms with Crippen LogP contribution in [0.1, 0.15) is 46.0 Å². The first kappa shape index (κ1) is 21.7. The van der Waals surface area contributed by atoms with Crippen molar-refractivity contribution in [2.75, 3.05) is 0 Å². The van der Waals surface area contributed by atoms with Gasteiger partial charge in [-0.3, -0.25) is 6.08 Å². The maximum absolute atomic E-state index is 3.60. The van der Waals surface area contributed by atoms with Crippen LogP contribution >= 0.6 is 0 Å². The van der Waals surface area contributed by atoms with Gasteiger partial charge in [-0.05, 0) is 19.8 Å². The van der Waals surface area contributed by atoms with E-state index in [0.29, 0.717) is 0 Å². The van der Waals surface area contributed by atoms with Gasteiger partial charge in [0.2, 0.25) is 0 Å². The molecule has 0 radical (unpaired) electrons. The molecule has 3 rings (SSSR count). The van der Waals surface area contributed by atoms with Crippen LogP contribution in [0.3, 0.4) is 0 Å². The maximum atomic E-state index is 3.60. The maximum Gasteiger partial charge on any atom is 1.00 e. The van der Waals surface area contributed by atoms with Crippen molar-refractivity contribution in [1.82, 2.24) is 0 Å². The Balaban J connectivity index is -0.000000136. The third-order valence-electron chi connectivity index (χ3n) is 1.41. The summed E-state index contributed by atoms with van der Waals surface area (Å²) in [6.07, 6.45) is 17.3. The van der Waals surface area contributed by atoms with Gasteiger partial charge in [0.15, 0.2) is 0 Å². The van der Waals surface area contributed by atoms with Crippen molar-refractivity contribution in [2.45, 2.75) is 46.0 Å². The third kappa shape index (κ3) is 63.0. The Bertz CT molecular complexity index is 181. The Hall–Kier alpha value is 0.415. The van der Waals surface area contributed by atoms with E-state index in [1.165, 1.54) is 19.3 Å². The number of hydrogen-bond acceptors (Lipinski definition) is 0. The molecule has 0 unspecified atom stereocenters. The van der Waals surface area contributed by atoms with Crippen LogP contribution in [0.2, 0.25) is 0 Å². The number of rotatable bonds is 1. The molecule has 0 saturated heterocycles. The van der Waals surface area contributed by atoms with E-state index in [1.807, 2.05) is 6.08 Å². The number of hydrogen-bond donors (Lipinski definition) is 0. The van der Waals surface area contributed by atoms with Gasteiger partial charge in [-0.2, -0.15) is 6.42 Å². The molecular formula is C14H22Li2. The van der Waals surface area contributed by atoms with Gasteiger partial charge in [-0.25, -0.2) is 6.42 Å². The average molecular weight is 204 g/mol. The zero-order chi connectivity index (χ0) is 10.6. The molecule has 0 aromatic heterocycles. The van der Waals surface area contributed by atoms with Gasteiger partial charge in [-0.1, -0.05) is 37.1 Å². The molecule has 0 amide bonds. The molecule has 0 aromatic carbocycles. The summed E-state index contributed by atoms with van der Waals surface area (Å²) < 4.78 is 0. The van der Waals surface area contributed by atoms with Crippen LogP contribution in [0, 0.1) is 13.0 Å². The molecule has 0 nitrogen and oxygen atoms in total. The fourth-order valence-electron chi connectivity index (χ4n) is 0.102. The Morgan fingerprint density at radius 3 is 1.56 bits per heavy atom. The predicted molar refractivity (Wildman–Crippen MR) is 64.8 cm³/mol. The van der Waals surface area contributed by atoms with E-state index < -0.39 is 0 Å². The summed E-state index contributed by atoms with van der Waals surface area (Å²) in [5.74, 6) is 0. The molecular weight excluding hydrogens is 182 g/mol. The van der Waals surface area contributed by atoms with E-state index in [4.69, 9.17) is 0 Å². The van der Waals surface area contributed by atoms with E-state index in [2.05, 4.69) is 45.1 Å². The van der Waals surface area contributed by atoms with E-state index >= 15 is 0 Å². The minimum Gasteiger partial charge on any atom is -0.502 e. The SMILES string of the molecule is C1=CC1.CC1=CC1.[C-]1=CC1.[CH2-]CCC.[Li+].[Li+]. The predicted octanol–water partition coefficient (Wildman–Crippen LogP) is -1.34. The normalized spacial score (nSPS) is 13.8. The number of unbranched alkanes of at least 4 members (excludes halogenated alkanes) is 1. The van der Waals surface area contributed by atoms with Crippen LogP contribution < -0.4 is 37.7 Å². The Morgan fingerprint density at radius 2 is 1.56 bits per heavy atom. The molecule has 0 saturated carbocycles. The molecule has 0 heterocycles. The van der Waals surface area contributed by atoms with Crippen molar-refractivity contribution < 1.29 is 37.7 Å². The first-order valence-corrected chi connectivity index (χ1v) is 5.46. The topological polar surface area (TPSA) is 0 Å². The smallest absolute Gasteiger partial charge is 0.502 e. The van der Waals surface area contributed by atoms with Gasteiger partial charge >= 0.3 is 37.7 Å². The van der Waals surface area contributed by atoms with Gasteiger partial charge < -0.3 is 13.0 Å². The summed E-state index contributed by atoms with van der Waals surface area (Å²) >= 11 is 0. The Kier molecular flexibility index (Phi) is 24.1. The van der Waals surface area contributed by atoms with Crippen LogP contribution in [0.25, 0.3) is 0 Å². The van der Waals surface area contributed by atoms with Crippen LogP contribution in [0.4, 0.5) is 0 Å². The van der Waals surface area contributed by atoms with Gasteiger partial charge in [-0.15, -0.1) is 0 Å². The fourth-order valence-corrected chi connectivity index (χ4v) is 0.102. The van der Waals surface area contributed by atoms with Crippen LogP contribution in [0.5, 0.6) is 0 Å². The first-order valence-electron chi connectivity index (χ1n) is 5.46. The summed E-state index contributed by atoms with van der Waals surface area (Å²) in [6.45, 7) is 7.86. The minimum absolute atomic E-state index is 0. The monoisotopic (exact) mass is 204 g/mol. The quantitative estimate of drug-likeness (QED) is 0.282. The van der Waals surface area contributed by atoms with E-state index in [9.17, 15) is 0 Å². The number of allylic oxidation sites excluding steroid dienone is 6. The van der Waals surface area contributed by atoms with Crippen LogP contribution in [-0.2, 0) is 0 Å². The Morgan fingerprint density at radius 1 is 1.31 bits per heavy atom. The second-order valence-corrected chi connectivity index (χ2v) is 3.43. The van der Waals surface area contributed by atoms with Gasteiger partial charge in [0.05, 0.1) is 0 Å². The molecule has 0 fully saturated rings. The Labute approximate surface area is 126 Å². The molecule has 0 bridgehead atoms. The molecule has 2 heteroatoms. The largest absolute Gasteiger partial charge is 1.00 e. The summed E-state index contributed by atoms with van der Waals surface area (Å²) in [7, 11) is 0. The molecule has 0 N–H and O–H groups in total. The van der Waals surface area contributed by atoms with Crippen molar-refractivity contribution >= 4 is 0 Å². The second kappa shape index (κ2) is 17.8. The van der Waals surface area contributed by atoms with Crippen molar-refractivity contribution in [1.29, 1.82) is 0 Å². The van der Waals surface area contributed by atoms with Crippen molar-refractivity contribution in [3.05, 3.63) is 42.9 Å². The van der Waals surface area contributed by atoms with Crippen LogP contribution in [-0.4, -0.2) is 0 Å². The van der Waals surface area contributed by atoms with Gasteiger partial charge in [0.25, 0.3) is 0 Å². The van der Waals surface area contributed by atoms with Gasteiger partial charge in [0, 0.05) is 0 Å². The second-order valence-electron chi connectivity index (χ2n) is 3.43. The average Bonchev–Trinajstić information content (AvgIpc) is 3.08. The van der Waals surface area contributed by atoms with E-state index in [-0.39, 0.29) is 37.7 Å². The van der Waals surface area contributed by atoms with Gasteiger partial charge in [0.1, 0.15) is 0 Å². The molecule has 0 aromatic rings. The summed E-state index contributed by atoms with van der Waals surface area (Å²) in [6, 6.07) is 0. The molecule has 3 aliphatic carbocycles. The minimum atomic E-state index is 0. The van der Waals surface area contributed by atoms with Crippen molar-refractivity contribution in [3.8, 4) is 0 Å². The molecule has 80 valence electrons. The third-order valence-corrected chi connectivity index (χ3v) is 1.41. The zero-order valence-corrected chi connectivity index (χ0v) is 11.6. The van der Waals surface area contributed by atoms with E-state index in [1.54, 1.807) is 5.57 Å². The summed E-state index contributed by atoms with van der Waals surface area (Å²) in [4.78, 5) is 0. The standard InChI is InChI=1S/C4H6.C4H9.C3H4.C3H3.2Li/c1-4-2-3-4;1-3-4-2;2*1-2-3-1;;/h2H,3H2,1H3;1,3-4H2,2H3;1-2H,3H2;1H,2H2;;/q;-1;;-1;2*+1. The first-order chi connectivity index (χ1) is 6.81. The molecule has 3 aliphatic rings.